The van der Waals surface area contributed by atoms with Crippen LogP contribution in [0.4, 0.5) is 18.0 Å². The minimum Gasteiger partial charge on any atom is -0.464 e. The van der Waals surface area contributed by atoms with E-state index >= 15 is 0 Å². The highest BCUT2D eigenvalue weighted by molar-refractivity contribution is 5.96. The van der Waals surface area contributed by atoms with E-state index in [1.54, 1.807) is 20.8 Å². The van der Waals surface area contributed by atoms with Crippen LogP contribution < -0.4 is 5.32 Å². The van der Waals surface area contributed by atoms with Crippen LogP contribution in [0.3, 0.4) is 0 Å². The van der Waals surface area contributed by atoms with E-state index in [0.717, 1.165) is 19.2 Å². The summed E-state index contributed by atoms with van der Waals surface area (Å²) in [6, 6.07) is 4.08. The smallest absolute Gasteiger partial charge is 0.416 e. The van der Waals surface area contributed by atoms with Gasteiger partial charge in [0, 0.05) is 0 Å². The summed E-state index contributed by atoms with van der Waals surface area (Å²) in [7, 11) is 1.11. The van der Waals surface area contributed by atoms with Crippen LogP contribution in [0, 0.1) is 0 Å². The highest BCUT2D eigenvalue weighted by Crippen LogP contribution is 2.29. The van der Waals surface area contributed by atoms with Gasteiger partial charge in [-0.25, -0.2) is 9.59 Å². The molecule has 0 spiro atoms. The number of esters is 1. The standard InChI is InChI=1S/C16H18F3NO4/c1-15(2,3)24-14(22)20-12(13(21)23-4)9-10-5-7-11(8-6-10)16(17,18)19/h5-9H,1-4H3,(H,20,22). The van der Waals surface area contributed by atoms with Gasteiger partial charge in [-0.3, -0.25) is 5.32 Å². The lowest BCUT2D eigenvalue weighted by atomic mass is 10.1. The maximum atomic E-state index is 12.5. The van der Waals surface area contributed by atoms with Crippen LogP contribution in [0.25, 0.3) is 6.08 Å². The largest absolute Gasteiger partial charge is 0.464 e. The summed E-state index contributed by atoms with van der Waals surface area (Å²) < 4.78 is 47.1. The summed E-state index contributed by atoms with van der Waals surface area (Å²) in [4.78, 5) is 23.4. The summed E-state index contributed by atoms with van der Waals surface area (Å²) in [5.41, 5.74) is -1.58. The first-order valence-electron chi connectivity index (χ1n) is 6.89. The minimum atomic E-state index is -4.46. The SMILES string of the molecule is COC(=O)C(=Cc1ccc(C(F)(F)F)cc1)NC(=O)OC(C)(C)C. The predicted octanol–water partition coefficient (Wildman–Crippen LogP) is 3.74. The van der Waals surface area contributed by atoms with Gasteiger partial charge in [-0.15, -0.1) is 0 Å². The molecule has 1 amide bonds. The molecular weight excluding hydrogens is 327 g/mol. The van der Waals surface area contributed by atoms with Crippen molar-refractivity contribution >= 4 is 18.1 Å². The number of carbonyl (C=O) groups excluding carboxylic acids is 2. The zero-order valence-electron chi connectivity index (χ0n) is 13.7. The van der Waals surface area contributed by atoms with E-state index in [-0.39, 0.29) is 11.3 Å². The molecule has 1 N–H and O–H groups in total. The van der Waals surface area contributed by atoms with Gasteiger partial charge in [-0.1, -0.05) is 12.1 Å². The number of benzene rings is 1. The third kappa shape index (κ3) is 6.31. The molecule has 0 radical (unpaired) electrons. The zero-order chi connectivity index (χ0) is 18.5. The van der Waals surface area contributed by atoms with Gasteiger partial charge in [0.1, 0.15) is 11.3 Å². The van der Waals surface area contributed by atoms with E-state index in [2.05, 4.69) is 10.1 Å². The molecule has 24 heavy (non-hydrogen) atoms. The Bertz CT molecular complexity index is 628. The van der Waals surface area contributed by atoms with Crippen molar-refractivity contribution in [3.8, 4) is 0 Å². The Morgan fingerprint density at radius 3 is 2.04 bits per heavy atom. The van der Waals surface area contributed by atoms with Gasteiger partial charge in [0.05, 0.1) is 12.7 Å². The number of rotatable bonds is 3. The van der Waals surface area contributed by atoms with Gasteiger partial charge in [0.2, 0.25) is 0 Å². The number of methoxy groups -OCH3 is 1. The van der Waals surface area contributed by atoms with E-state index < -0.39 is 29.4 Å². The Morgan fingerprint density at radius 2 is 1.62 bits per heavy atom. The predicted molar refractivity (Wildman–Crippen MR) is 80.8 cm³/mol. The summed E-state index contributed by atoms with van der Waals surface area (Å²) in [5.74, 6) is -0.860. The summed E-state index contributed by atoms with van der Waals surface area (Å²) in [6.45, 7) is 4.93. The van der Waals surface area contributed by atoms with E-state index in [0.29, 0.717) is 0 Å². The van der Waals surface area contributed by atoms with Gasteiger partial charge in [-0.2, -0.15) is 13.2 Å². The van der Waals surface area contributed by atoms with Crippen LogP contribution >= 0.6 is 0 Å². The molecule has 0 fully saturated rings. The number of alkyl carbamates (subject to hydrolysis) is 1. The van der Waals surface area contributed by atoms with Crippen molar-refractivity contribution in [2.45, 2.75) is 32.5 Å². The molecule has 0 unspecified atom stereocenters. The van der Waals surface area contributed by atoms with E-state index in [1.165, 1.54) is 18.2 Å². The fourth-order valence-corrected chi connectivity index (χ4v) is 1.60. The van der Waals surface area contributed by atoms with E-state index in [1.807, 2.05) is 0 Å². The van der Waals surface area contributed by atoms with Crippen LogP contribution in [0.2, 0.25) is 0 Å². The highest BCUT2D eigenvalue weighted by Gasteiger charge is 2.30. The Hall–Kier alpha value is -2.51. The molecule has 0 saturated heterocycles. The van der Waals surface area contributed by atoms with Gasteiger partial charge in [0.25, 0.3) is 0 Å². The minimum absolute atomic E-state index is 0.258. The molecule has 1 rings (SSSR count). The van der Waals surface area contributed by atoms with E-state index in [4.69, 9.17) is 4.74 Å². The lowest BCUT2D eigenvalue weighted by Gasteiger charge is -2.20. The van der Waals surface area contributed by atoms with Gasteiger partial charge < -0.3 is 9.47 Å². The number of ether oxygens (including phenoxy) is 2. The number of carbonyl (C=O) groups is 2. The molecule has 0 saturated carbocycles. The summed E-state index contributed by atoms with van der Waals surface area (Å²) in [6.07, 6.45) is -4.15. The van der Waals surface area contributed by atoms with Crippen LogP contribution in [-0.4, -0.2) is 24.8 Å². The Balaban J connectivity index is 3.02. The first-order chi connectivity index (χ1) is 10.9. The van der Waals surface area contributed by atoms with Crippen molar-refractivity contribution in [3.63, 3.8) is 0 Å². The molecule has 0 heterocycles. The number of hydrogen-bond donors (Lipinski definition) is 1. The second-order valence-corrected chi connectivity index (χ2v) is 5.80. The third-order valence-electron chi connectivity index (χ3n) is 2.59. The molecule has 0 atom stereocenters. The average Bonchev–Trinajstić information content (AvgIpc) is 2.43. The number of nitrogens with one attached hydrogen (secondary N) is 1. The van der Waals surface area contributed by atoms with Gasteiger partial charge in [-0.05, 0) is 44.5 Å². The van der Waals surface area contributed by atoms with Crippen molar-refractivity contribution in [2.75, 3.05) is 7.11 Å². The van der Waals surface area contributed by atoms with Crippen molar-refractivity contribution in [3.05, 3.63) is 41.1 Å². The number of alkyl halides is 3. The maximum absolute atomic E-state index is 12.5. The Kier molecular flexibility index (Phi) is 6.00. The molecular formula is C16H18F3NO4. The third-order valence-corrected chi connectivity index (χ3v) is 2.59. The fraction of sp³-hybridized carbons (Fsp3) is 0.375. The molecule has 5 nitrogen and oxygen atoms in total. The first kappa shape index (κ1) is 19.5. The molecule has 8 heteroatoms. The van der Waals surface area contributed by atoms with Crippen molar-refractivity contribution in [1.82, 2.24) is 5.32 Å². The molecule has 0 aromatic heterocycles. The van der Waals surface area contributed by atoms with Crippen molar-refractivity contribution < 1.29 is 32.2 Å². The molecule has 0 aliphatic rings. The maximum Gasteiger partial charge on any atom is 0.416 e. The average molecular weight is 345 g/mol. The fourth-order valence-electron chi connectivity index (χ4n) is 1.60. The van der Waals surface area contributed by atoms with Crippen molar-refractivity contribution in [2.24, 2.45) is 0 Å². The molecule has 132 valence electrons. The zero-order valence-corrected chi connectivity index (χ0v) is 13.7. The second-order valence-electron chi connectivity index (χ2n) is 5.80. The highest BCUT2D eigenvalue weighted by atomic mass is 19.4. The molecule has 0 aliphatic heterocycles. The van der Waals surface area contributed by atoms with Gasteiger partial charge >= 0.3 is 18.2 Å². The van der Waals surface area contributed by atoms with Crippen LogP contribution in [0.5, 0.6) is 0 Å². The topological polar surface area (TPSA) is 64.6 Å². The Labute approximate surface area is 137 Å². The number of amides is 1. The lowest BCUT2D eigenvalue weighted by Crippen LogP contribution is -2.34. The molecule has 1 aromatic rings. The monoisotopic (exact) mass is 345 g/mol. The van der Waals surface area contributed by atoms with Crippen LogP contribution in [-0.2, 0) is 20.4 Å². The van der Waals surface area contributed by atoms with Crippen LogP contribution in [0.1, 0.15) is 31.9 Å². The summed E-state index contributed by atoms with van der Waals surface area (Å²) >= 11 is 0. The lowest BCUT2D eigenvalue weighted by molar-refractivity contribution is -0.138. The van der Waals surface area contributed by atoms with Gasteiger partial charge in [0.15, 0.2) is 0 Å². The molecule has 1 aromatic carbocycles. The second kappa shape index (κ2) is 7.37. The number of halogens is 3. The Morgan fingerprint density at radius 1 is 1.08 bits per heavy atom. The quantitative estimate of drug-likeness (QED) is 0.669. The summed E-state index contributed by atoms with van der Waals surface area (Å²) in [5, 5.41) is 2.22. The van der Waals surface area contributed by atoms with E-state index in [9.17, 15) is 22.8 Å². The normalized spacial score (nSPS) is 12.5. The van der Waals surface area contributed by atoms with Crippen LogP contribution in [0.15, 0.2) is 30.0 Å². The first-order valence-corrected chi connectivity index (χ1v) is 6.89. The number of hydrogen-bond acceptors (Lipinski definition) is 4. The molecule has 0 aliphatic carbocycles. The van der Waals surface area contributed by atoms with Crippen molar-refractivity contribution in [1.29, 1.82) is 0 Å². The molecule has 0 bridgehead atoms.